The number of para-hydroxylation sites is 2. The first-order valence-corrected chi connectivity index (χ1v) is 9.12. The van der Waals surface area contributed by atoms with Gasteiger partial charge in [0.2, 0.25) is 0 Å². The average molecular weight is 388 g/mol. The maximum absolute atomic E-state index is 13.0. The summed E-state index contributed by atoms with van der Waals surface area (Å²) < 4.78 is 16.5. The molecule has 0 spiro atoms. The molecule has 1 aliphatic heterocycles. The lowest BCUT2D eigenvalue weighted by molar-refractivity contribution is -0.121. The van der Waals surface area contributed by atoms with Crippen molar-refractivity contribution in [1.82, 2.24) is 5.43 Å². The summed E-state index contributed by atoms with van der Waals surface area (Å²) in [5.41, 5.74) is 5.05. The number of methoxy groups -OCH3 is 2. The fraction of sp³-hybridized carbons (Fsp3) is 0.130. The van der Waals surface area contributed by atoms with Crippen molar-refractivity contribution >= 4 is 12.1 Å². The van der Waals surface area contributed by atoms with Crippen LogP contribution in [0.3, 0.4) is 0 Å². The molecule has 0 fully saturated rings. The first kappa shape index (κ1) is 18.6. The zero-order valence-corrected chi connectivity index (χ0v) is 16.1. The molecule has 1 N–H and O–H groups in total. The quantitative estimate of drug-likeness (QED) is 0.528. The second kappa shape index (κ2) is 8.06. The van der Waals surface area contributed by atoms with Crippen LogP contribution >= 0.6 is 0 Å². The number of carbonyl (C=O) groups excluding carboxylic acids is 1. The van der Waals surface area contributed by atoms with Crippen LogP contribution in [0.5, 0.6) is 23.0 Å². The minimum absolute atomic E-state index is 0.232. The van der Waals surface area contributed by atoms with Crippen LogP contribution in [0, 0.1) is 0 Å². The molecule has 6 nitrogen and oxygen atoms in total. The van der Waals surface area contributed by atoms with E-state index in [4.69, 9.17) is 14.2 Å². The molecular formula is C23H20N2O4. The highest BCUT2D eigenvalue weighted by atomic mass is 16.5. The Kier molecular flexibility index (Phi) is 5.16. The van der Waals surface area contributed by atoms with E-state index < -0.39 is 5.92 Å². The van der Waals surface area contributed by atoms with Gasteiger partial charge in [-0.2, -0.15) is 5.10 Å². The lowest BCUT2D eigenvalue weighted by Gasteiger charge is -2.26. The number of hydrogen-bond donors (Lipinski definition) is 1. The third-order valence-corrected chi connectivity index (χ3v) is 4.74. The fourth-order valence-electron chi connectivity index (χ4n) is 3.36. The van der Waals surface area contributed by atoms with Crippen LogP contribution in [0.25, 0.3) is 0 Å². The number of nitrogens with zero attached hydrogens (tertiary/aromatic N) is 1. The minimum Gasteiger partial charge on any atom is -0.493 e. The molecule has 1 aliphatic rings. The van der Waals surface area contributed by atoms with Crippen LogP contribution < -0.4 is 19.6 Å². The van der Waals surface area contributed by atoms with Crippen LogP contribution in [0.15, 0.2) is 71.8 Å². The topological polar surface area (TPSA) is 69.2 Å². The van der Waals surface area contributed by atoms with Crippen molar-refractivity contribution in [1.29, 1.82) is 0 Å². The van der Waals surface area contributed by atoms with Crippen molar-refractivity contribution in [3.8, 4) is 23.0 Å². The number of carbonyl (C=O) groups is 1. The molecule has 29 heavy (non-hydrogen) atoms. The highest BCUT2D eigenvalue weighted by molar-refractivity contribution is 5.90. The maximum atomic E-state index is 13.0. The Balaban J connectivity index is 1.57. The van der Waals surface area contributed by atoms with Gasteiger partial charge in [0.1, 0.15) is 11.5 Å². The number of rotatable bonds is 5. The molecule has 3 aromatic rings. The van der Waals surface area contributed by atoms with Gasteiger partial charge in [-0.05, 0) is 35.9 Å². The molecule has 0 aliphatic carbocycles. The van der Waals surface area contributed by atoms with E-state index >= 15 is 0 Å². The molecule has 0 unspecified atom stereocenters. The molecule has 146 valence electrons. The van der Waals surface area contributed by atoms with Crippen LogP contribution in [-0.4, -0.2) is 26.3 Å². The van der Waals surface area contributed by atoms with Crippen molar-refractivity contribution in [2.24, 2.45) is 5.10 Å². The van der Waals surface area contributed by atoms with Gasteiger partial charge < -0.3 is 14.2 Å². The van der Waals surface area contributed by atoms with E-state index in [0.29, 0.717) is 23.0 Å². The van der Waals surface area contributed by atoms with Crippen molar-refractivity contribution < 1.29 is 19.0 Å². The molecule has 0 atom stereocenters. The van der Waals surface area contributed by atoms with Crippen LogP contribution in [0.4, 0.5) is 0 Å². The second-order valence-corrected chi connectivity index (χ2v) is 6.46. The first-order valence-electron chi connectivity index (χ1n) is 9.12. The molecule has 0 saturated carbocycles. The summed E-state index contributed by atoms with van der Waals surface area (Å²) in [5.74, 6) is 1.84. The van der Waals surface area contributed by atoms with Crippen molar-refractivity contribution in [2.75, 3.05) is 14.2 Å². The summed E-state index contributed by atoms with van der Waals surface area (Å²) in [6, 6.07) is 20.5. The lowest BCUT2D eigenvalue weighted by atomic mass is 9.87. The second-order valence-electron chi connectivity index (χ2n) is 6.46. The summed E-state index contributed by atoms with van der Waals surface area (Å²) in [6.45, 7) is 0. The maximum Gasteiger partial charge on any atom is 0.252 e. The smallest absolute Gasteiger partial charge is 0.252 e. The average Bonchev–Trinajstić information content (AvgIpc) is 2.77. The van der Waals surface area contributed by atoms with Gasteiger partial charge in [0.15, 0.2) is 11.5 Å². The van der Waals surface area contributed by atoms with Crippen molar-refractivity contribution in [3.05, 3.63) is 83.4 Å². The van der Waals surface area contributed by atoms with Crippen molar-refractivity contribution in [3.63, 3.8) is 0 Å². The van der Waals surface area contributed by atoms with E-state index in [1.165, 1.54) is 0 Å². The van der Waals surface area contributed by atoms with Gasteiger partial charge in [-0.15, -0.1) is 0 Å². The molecule has 6 heteroatoms. The van der Waals surface area contributed by atoms with Crippen molar-refractivity contribution in [2.45, 2.75) is 5.92 Å². The molecule has 1 amide bonds. The number of ether oxygens (including phenoxy) is 3. The molecule has 0 saturated heterocycles. The van der Waals surface area contributed by atoms with Gasteiger partial charge in [-0.3, -0.25) is 4.79 Å². The van der Waals surface area contributed by atoms with Crippen LogP contribution in [0.1, 0.15) is 22.6 Å². The predicted octanol–water partition coefficient (Wildman–Crippen LogP) is 4.09. The number of amides is 1. The summed E-state index contributed by atoms with van der Waals surface area (Å²) in [5, 5.41) is 4.13. The van der Waals surface area contributed by atoms with Gasteiger partial charge >= 0.3 is 0 Å². The number of hydrazone groups is 1. The third kappa shape index (κ3) is 3.65. The Labute approximate surface area is 168 Å². The molecule has 3 aromatic carbocycles. The largest absolute Gasteiger partial charge is 0.493 e. The Hall–Kier alpha value is -3.80. The van der Waals surface area contributed by atoms with Gasteiger partial charge in [0.25, 0.3) is 5.91 Å². The van der Waals surface area contributed by atoms with E-state index in [1.54, 1.807) is 32.6 Å². The van der Waals surface area contributed by atoms with E-state index in [1.807, 2.05) is 54.6 Å². The third-order valence-electron chi connectivity index (χ3n) is 4.74. The Morgan fingerprint density at radius 1 is 0.931 bits per heavy atom. The zero-order chi connectivity index (χ0) is 20.2. The molecule has 0 bridgehead atoms. The number of hydrogen-bond acceptors (Lipinski definition) is 5. The predicted molar refractivity (Wildman–Crippen MR) is 110 cm³/mol. The molecule has 4 rings (SSSR count). The van der Waals surface area contributed by atoms with E-state index in [9.17, 15) is 4.79 Å². The lowest BCUT2D eigenvalue weighted by Crippen LogP contribution is -2.28. The summed E-state index contributed by atoms with van der Waals surface area (Å²) in [6.07, 6.45) is 1.57. The van der Waals surface area contributed by atoms with Gasteiger partial charge in [0.05, 0.1) is 26.4 Å². The highest BCUT2D eigenvalue weighted by Gasteiger charge is 2.32. The van der Waals surface area contributed by atoms with E-state index in [-0.39, 0.29) is 5.91 Å². The van der Waals surface area contributed by atoms with E-state index in [0.717, 1.165) is 16.7 Å². The summed E-state index contributed by atoms with van der Waals surface area (Å²) >= 11 is 0. The van der Waals surface area contributed by atoms with Gasteiger partial charge in [-0.25, -0.2) is 5.43 Å². The Bertz CT molecular complexity index is 1030. The first-order chi connectivity index (χ1) is 14.2. The normalized spacial score (nSPS) is 12.6. The molecular weight excluding hydrogens is 368 g/mol. The Morgan fingerprint density at radius 2 is 1.55 bits per heavy atom. The zero-order valence-electron chi connectivity index (χ0n) is 16.1. The monoisotopic (exact) mass is 388 g/mol. The number of nitrogens with one attached hydrogen (secondary N) is 1. The molecule has 1 heterocycles. The number of benzene rings is 3. The number of fused-ring (bicyclic) bond motifs is 2. The van der Waals surface area contributed by atoms with Crippen LogP contribution in [-0.2, 0) is 4.79 Å². The van der Waals surface area contributed by atoms with E-state index in [2.05, 4.69) is 10.5 Å². The molecule has 0 aromatic heterocycles. The fourth-order valence-corrected chi connectivity index (χ4v) is 3.36. The molecule has 0 radical (unpaired) electrons. The van der Waals surface area contributed by atoms with Gasteiger partial charge in [0, 0.05) is 11.1 Å². The minimum atomic E-state index is -0.501. The highest BCUT2D eigenvalue weighted by Crippen LogP contribution is 2.43. The summed E-state index contributed by atoms with van der Waals surface area (Å²) in [7, 11) is 3.15. The van der Waals surface area contributed by atoms with Gasteiger partial charge in [-0.1, -0.05) is 36.4 Å². The summed E-state index contributed by atoms with van der Waals surface area (Å²) in [4.78, 5) is 13.0. The Morgan fingerprint density at radius 3 is 2.17 bits per heavy atom. The van der Waals surface area contributed by atoms with Crippen LogP contribution in [0.2, 0.25) is 0 Å². The standard InChI is InChI=1S/C23H20N2O4/c1-27-20-12-11-15(13-21(20)28-2)14-24-25-23(26)22-16-7-3-5-9-18(16)29-19-10-6-4-8-17(19)22/h3-14,22H,1-2H3,(H,25,26)/b24-14-. The SMILES string of the molecule is COc1ccc(/C=N\NC(=O)C2c3ccccc3Oc3ccccc32)cc1OC.